The van der Waals surface area contributed by atoms with Crippen LogP contribution in [0.3, 0.4) is 0 Å². The number of hydrogen-bond donors (Lipinski definition) is 1. The Morgan fingerprint density at radius 1 is 1.43 bits per heavy atom. The predicted octanol–water partition coefficient (Wildman–Crippen LogP) is 2.47. The van der Waals surface area contributed by atoms with Crippen LogP contribution < -0.4 is 10.6 Å². The average molecular weight is 381 g/mol. The number of likely N-dealkylation sites (N-methyl/N-ethyl adjacent to an activating group) is 1. The van der Waals surface area contributed by atoms with Gasteiger partial charge in [0.05, 0.1) is 0 Å². The van der Waals surface area contributed by atoms with Crippen LogP contribution in [0.4, 0.5) is 4.79 Å². The van der Waals surface area contributed by atoms with Gasteiger partial charge in [0.2, 0.25) is 0 Å². The SMILES string of the molecule is CN(C(=O)OC(C)(C)C)C1CCc2[nH]c3c(c2C1)=CC(Br)CC=3. The summed E-state index contributed by atoms with van der Waals surface area (Å²) < 4.78 is 5.51. The van der Waals surface area contributed by atoms with Crippen molar-refractivity contribution in [3.8, 4) is 0 Å². The van der Waals surface area contributed by atoms with Gasteiger partial charge in [-0.3, -0.25) is 0 Å². The van der Waals surface area contributed by atoms with E-state index in [2.05, 4.69) is 33.1 Å². The Kier molecular flexibility index (Phi) is 4.34. The fraction of sp³-hybridized carbons (Fsp3) is 0.611. The molecule has 2 atom stereocenters. The molecule has 0 saturated heterocycles. The van der Waals surface area contributed by atoms with Crippen molar-refractivity contribution in [3.63, 3.8) is 0 Å². The fourth-order valence-electron chi connectivity index (χ4n) is 3.37. The second kappa shape index (κ2) is 6.00. The Balaban J connectivity index is 1.82. The maximum absolute atomic E-state index is 12.3. The quantitative estimate of drug-likeness (QED) is 0.760. The van der Waals surface area contributed by atoms with E-state index >= 15 is 0 Å². The molecular weight excluding hydrogens is 356 g/mol. The van der Waals surface area contributed by atoms with E-state index in [0.29, 0.717) is 4.83 Å². The number of aromatic amines is 1. The van der Waals surface area contributed by atoms with Crippen LogP contribution >= 0.6 is 15.9 Å². The van der Waals surface area contributed by atoms with Crippen LogP contribution in [-0.2, 0) is 17.6 Å². The van der Waals surface area contributed by atoms with Crippen molar-refractivity contribution in [1.29, 1.82) is 0 Å². The van der Waals surface area contributed by atoms with Gasteiger partial charge in [-0.1, -0.05) is 28.1 Å². The number of ether oxygens (including phenoxy) is 1. The van der Waals surface area contributed by atoms with E-state index in [-0.39, 0.29) is 12.1 Å². The van der Waals surface area contributed by atoms with Gasteiger partial charge in [0.25, 0.3) is 0 Å². The van der Waals surface area contributed by atoms with Crippen LogP contribution in [0.25, 0.3) is 12.2 Å². The summed E-state index contributed by atoms with van der Waals surface area (Å²) in [5, 5.41) is 2.56. The third-order valence-corrected chi connectivity index (χ3v) is 5.19. The number of nitrogens with one attached hydrogen (secondary N) is 1. The summed E-state index contributed by atoms with van der Waals surface area (Å²) in [6.45, 7) is 5.71. The highest BCUT2D eigenvalue weighted by Gasteiger charge is 2.30. The lowest BCUT2D eigenvalue weighted by atomic mass is 9.91. The lowest BCUT2D eigenvalue weighted by molar-refractivity contribution is 0.0209. The number of fused-ring (bicyclic) bond motifs is 3. The summed E-state index contributed by atoms with van der Waals surface area (Å²) in [5.74, 6) is 0. The van der Waals surface area contributed by atoms with Crippen LogP contribution in [0.1, 0.15) is 44.9 Å². The first-order valence-corrected chi connectivity index (χ1v) is 9.18. The molecule has 1 aromatic heterocycles. The number of hydrogen-bond acceptors (Lipinski definition) is 2. The van der Waals surface area contributed by atoms with Crippen molar-refractivity contribution < 1.29 is 9.53 Å². The summed E-state index contributed by atoms with van der Waals surface area (Å²) in [5.41, 5.74) is 2.25. The molecule has 2 aliphatic rings. The third-order valence-electron chi connectivity index (χ3n) is 4.56. The van der Waals surface area contributed by atoms with Crippen molar-refractivity contribution in [2.24, 2.45) is 0 Å². The lowest BCUT2D eigenvalue weighted by Gasteiger charge is -2.33. The van der Waals surface area contributed by atoms with Gasteiger partial charge >= 0.3 is 6.09 Å². The van der Waals surface area contributed by atoms with E-state index in [1.807, 2.05) is 27.8 Å². The molecule has 3 rings (SSSR count). The lowest BCUT2D eigenvalue weighted by Crippen LogP contribution is -2.44. The predicted molar refractivity (Wildman–Crippen MR) is 96.1 cm³/mol. The molecule has 23 heavy (non-hydrogen) atoms. The second-order valence-corrected chi connectivity index (χ2v) is 8.70. The van der Waals surface area contributed by atoms with Gasteiger partial charge in [-0.2, -0.15) is 0 Å². The number of aryl methyl sites for hydroxylation is 1. The second-order valence-electron chi connectivity index (χ2n) is 7.52. The van der Waals surface area contributed by atoms with Crippen molar-refractivity contribution in [1.82, 2.24) is 9.88 Å². The van der Waals surface area contributed by atoms with Gasteiger partial charge in [0.15, 0.2) is 0 Å². The molecule has 0 saturated carbocycles. The fourth-order valence-corrected chi connectivity index (χ4v) is 3.82. The number of carbonyl (C=O) groups excluding carboxylic acids is 1. The molecule has 5 heteroatoms. The number of H-pyrrole nitrogens is 1. The number of nitrogens with zero attached hydrogens (tertiary/aromatic N) is 1. The molecule has 0 bridgehead atoms. The largest absolute Gasteiger partial charge is 0.444 e. The van der Waals surface area contributed by atoms with Gasteiger partial charge < -0.3 is 14.6 Å². The smallest absolute Gasteiger partial charge is 0.410 e. The Morgan fingerprint density at radius 3 is 2.87 bits per heavy atom. The minimum atomic E-state index is -0.454. The molecule has 0 radical (unpaired) electrons. The minimum Gasteiger partial charge on any atom is -0.444 e. The van der Waals surface area contributed by atoms with Crippen molar-refractivity contribution >= 4 is 34.2 Å². The van der Waals surface area contributed by atoms with Crippen LogP contribution in [0.15, 0.2) is 0 Å². The van der Waals surface area contributed by atoms with Gasteiger partial charge in [0.1, 0.15) is 5.60 Å². The number of carbonyl (C=O) groups is 1. The van der Waals surface area contributed by atoms with Gasteiger partial charge in [0, 0.05) is 29.0 Å². The molecule has 0 fully saturated rings. The van der Waals surface area contributed by atoms with E-state index in [1.54, 1.807) is 4.90 Å². The van der Waals surface area contributed by atoms with E-state index in [1.165, 1.54) is 21.8 Å². The first kappa shape index (κ1) is 16.6. The maximum Gasteiger partial charge on any atom is 0.410 e. The Labute approximate surface area is 145 Å². The molecule has 1 N–H and O–H groups in total. The molecule has 0 spiro atoms. The molecule has 2 aliphatic carbocycles. The number of rotatable bonds is 1. The van der Waals surface area contributed by atoms with Gasteiger partial charge in [-0.15, -0.1) is 0 Å². The monoisotopic (exact) mass is 380 g/mol. The van der Waals surface area contributed by atoms with Crippen molar-refractivity contribution in [2.75, 3.05) is 7.05 Å². The van der Waals surface area contributed by atoms with Gasteiger partial charge in [-0.05, 0) is 57.2 Å². The molecular formula is C18H25BrN2O2. The normalized spacial score (nSPS) is 23.2. The standard InChI is InChI=1S/C18H25BrN2O2/c1-18(2,3)23-17(22)21(4)12-6-8-16-14(10-12)13-9-11(19)5-7-15(13)20-16/h7,9,11-12,20H,5-6,8,10H2,1-4H3. The summed E-state index contributed by atoms with van der Waals surface area (Å²) >= 11 is 3.69. The molecule has 0 aliphatic heterocycles. The molecule has 1 heterocycles. The summed E-state index contributed by atoms with van der Waals surface area (Å²) in [6, 6.07) is 0.196. The topological polar surface area (TPSA) is 45.3 Å². The van der Waals surface area contributed by atoms with Crippen LogP contribution in [0, 0.1) is 0 Å². The van der Waals surface area contributed by atoms with Crippen LogP contribution in [0.2, 0.25) is 0 Å². The first-order valence-electron chi connectivity index (χ1n) is 8.26. The highest BCUT2D eigenvalue weighted by atomic mass is 79.9. The minimum absolute atomic E-state index is 0.196. The van der Waals surface area contributed by atoms with E-state index in [9.17, 15) is 4.79 Å². The summed E-state index contributed by atoms with van der Waals surface area (Å²) in [6.07, 6.45) is 8.19. The average Bonchev–Trinajstić information content (AvgIpc) is 2.81. The molecule has 1 aromatic rings. The highest BCUT2D eigenvalue weighted by molar-refractivity contribution is 9.09. The zero-order chi connectivity index (χ0) is 16.8. The highest BCUT2D eigenvalue weighted by Crippen LogP contribution is 2.22. The number of halogens is 1. The Hall–Kier alpha value is -1.23. The molecule has 4 nitrogen and oxygen atoms in total. The molecule has 2 unspecified atom stereocenters. The molecule has 1 amide bonds. The summed E-state index contributed by atoms with van der Waals surface area (Å²) in [4.78, 5) is 18.1. The number of amides is 1. The molecule has 126 valence electrons. The van der Waals surface area contributed by atoms with Gasteiger partial charge in [-0.25, -0.2) is 4.79 Å². The molecule has 0 aromatic carbocycles. The zero-order valence-electron chi connectivity index (χ0n) is 14.3. The first-order chi connectivity index (χ1) is 10.7. The Bertz CT molecular complexity index is 729. The van der Waals surface area contributed by atoms with E-state index < -0.39 is 5.60 Å². The third kappa shape index (κ3) is 3.49. The maximum atomic E-state index is 12.3. The van der Waals surface area contributed by atoms with Crippen molar-refractivity contribution in [3.05, 3.63) is 21.8 Å². The number of alkyl halides is 1. The van der Waals surface area contributed by atoms with E-state index in [4.69, 9.17) is 4.74 Å². The van der Waals surface area contributed by atoms with Crippen LogP contribution in [0.5, 0.6) is 0 Å². The van der Waals surface area contributed by atoms with Crippen LogP contribution in [-0.4, -0.2) is 39.5 Å². The zero-order valence-corrected chi connectivity index (χ0v) is 15.9. The Morgan fingerprint density at radius 2 is 2.17 bits per heavy atom. The summed E-state index contributed by atoms with van der Waals surface area (Å²) in [7, 11) is 1.85. The van der Waals surface area contributed by atoms with Crippen molar-refractivity contribution in [2.45, 2.75) is 62.9 Å². The van der Waals surface area contributed by atoms with E-state index in [0.717, 1.165) is 25.7 Å². The number of aromatic nitrogens is 1.